The topological polar surface area (TPSA) is 64.7 Å². The van der Waals surface area contributed by atoms with Crippen LogP contribution >= 0.6 is 11.6 Å². The van der Waals surface area contributed by atoms with E-state index in [9.17, 15) is 4.79 Å². The highest BCUT2D eigenvalue weighted by molar-refractivity contribution is 6.31. The molecule has 4 heteroatoms. The number of rotatable bonds is 3. The van der Waals surface area contributed by atoms with Crippen molar-refractivity contribution < 1.29 is 4.79 Å². The highest BCUT2D eigenvalue weighted by atomic mass is 35.5. The fourth-order valence-corrected chi connectivity index (χ4v) is 1.28. The first-order valence-electron chi connectivity index (χ1n) is 4.25. The van der Waals surface area contributed by atoms with Crippen LogP contribution in [0.4, 0.5) is 0 Å². The van der Waals surface area contributed by atoms with Gasteiger partial charge in [0.25, 0.3) is 0 Å². The Morgan fingerprint density at radius 1 is 1.40 bits per heavy atom. The maximum absolute atomic E-state index is 11.6. The number of Topliss-reactive ketones (excluding diaryl/α,β-unsaturated/α-hetero) is 1. The van der Waals surface area contributed by atoms with Gasteiger partial charge in [0, 0.05) is 17.0 Å². The first-order chi connectivity index (χ1) is 7.17. The predicted octanol–water partition coefficient (Wildman–Crippen LogP) is 2.58. The van der Waals surface area contributed by atoms with Crippen molar-refractivity contribution in [2.45, 2.75) is 6.42 Å². The molecule has 1 aromatic rings. The minimum atomic E-state index is -0.892. The van der Waals surface area contributed by atoms with Gasteiger partial charge in [-0.15, -0.1) is 0 Å². The second-order valence-corrected chi connectivity index (χ2v) is 3.38. The van der Waals surface area contributed by atoms with Gasteiger partial charge in [-0.2, -0.15) is 10.5 Å². The molecule has 0 fully saturated rings. The Kier molecular flexibility index (Phi) is 3.85. The van der Waals surface area contributed by atoms with Crippen LogP contribution in [-0.4, -0.2) is 5.78 Å². The lowest BCUT2D eigenvalue weighted by molar-refractivity contribution is 0.0976. The number of hydrogen-bond donors (Lipinski definition) is 0. The van der Waals surface area contributed by atoms with E-state index in [4.69, 9.17) is 22.1 Å². The fourth-order valence-electron chi connectivity index (χ4n) is 1.09. The van der Waals surface area contributed by atoms with Gasteiger partial charge in [0.05, 0.1) is 12.1 Å². The molecule has 0 aliphatic rings. The smallest absolute Gasteiger partial charge is 0.165 e. The van der Waals surface area contributed by atoms with Crippen LogP contribution in [0.3, 0.4) is 0 Å². The zero-order chi connectivity index (χ0) is 11.3. The normalized spacial score (nSPS) is 9.33. The first-order valence-corrected chi connectivity index (χ1v) is 4.63. The molecule has 0 N–H and O–H groups in total. The minimum Gasteiger partial charge on any atom is -0.294 e. The van der Waals surface area contributed by atoms with Crippen LogP contribution in [-0.2, 0) is 0 Å². The van der Waals surface area contributed by atoms with Gasteiger partial charge in [0.1, 0.15) is 5.92 Å². The van der Waals surface area contributed by atoms with Gasteiger partial charge >= 0.3 is 0 Å². The molecule has 0 saturated carbocycles. The monoisotopic (exact) mass is 218 g/mol. The molecule has 0 atom stereocenters. The van der Waals surface area contributed by atoms with Gasteiger partial charge in [-0.3, -0.25) is 4.79 Å². The van der Waals surface area contributed by atoms with E-state index >= 15 is 0 Å². The van der Waals surface area contributed by atoms with Crippen molar-refractivity contribution >= 4 is 17.4 Å². The molecule has 0 aromatic heterocycles. The van der Waals surface area contributed by atoms with E-state index in [-0.39, 0.29) is 12.2 Å². The Morgan fingerprint density at radius 2 is 2.07 bits per heavy atom. The lowest BCUT2D eigenvalue weighted by atomic mass is 10.0. The van der Waals surface area contributed by atoms with E-state index < -0.39 is 5.92 Å². The Balaban J connectivity index is 2.79. The minimum absolute atomic E-state index is 0.0899. The third kappa shape index (κ3) is 3.09. The highest BCUT2D eigenvalue weighted by Crippen LogP contribution is 2.14. The quantitative estimate of drug-likeness (QED) is 0.733. The maximum Gasteiger partial charge on any atom is 0.165 e. The van der Waals surface area contributed by atoms with E-state index in [1.54, 1.807) is 30.3 Å². The summed E-state index contributed by atoms with van der Waals surface area (Å²) >= 11 is 5.71. The van der Waals surface area contributed by atoms with Crippen LogP contribution in [0, 0.1) is 28.6 Å². The molecule has 74 valence electrons. The van der Waals surface area contributed by atoms with Gasteiger partial charge < -0.3 is 0 Å². The average Bonchev–Trinajstić information content (AvgIpc) is 2.25. The third-order valence-corrected chi connectivity index (χ3v) is 2.08. The summed E-state index contributed by atoms with van der Waals surface area (Å²) in [6.07, 6.45) is -0.0899. The molecule has 15 heavy (non-hydrogen) atoms. The average molecular weight is 219 g/mol. The zero-order valence-electron chi connectivity index (χ0n) is 7.77. The summed E-state index contributed by atoms with van der Waals surface area (Å²) in [5.74, 6) is -1.14. The molecule has 0 aliphatic heterocycles. The van der Waals surface area contributed by atoms with Crippen molar-refractivity contribution in [3.63, 3.8) is 0 Å². The predicted molar refractivity (Wildman–Crippen MR) is 55.1 cm³/mol. The highest BCUT2D eigenvalue weighted by Gasteiger charge is 2.13. The number of carbonyl (C=O) groups excluding carboxylic acids is 1. The summed E-state index contributed by atoms with van der Waals surface area (Å²) in [6.45, 7) is 0. The van der Waals surface area contributed by atoms with Crippen LogP contribution in [0.5, 0.6) is 0 Å². The van der Waals surface area contributed by atoms with Crippen molar-refractivity contribution in [1.82, 2.24) is 0 Å². The summed E-state index contributed by atoms with van der Waals surface area (Å²) < 4.78 is 0. The number of nitriles is 2. The summed E-state index contributed by atoms with van der Waals surface area (Å²) in [6, 6.07) is 9.95. The first kappa shape index (κ1) is 11.2. The number of nitrogens with zero attached hydrogens (tertiary/aromatic N) is 2. The van der Waals surface area contributed by atoms with Gasteiger partial charge in [0.2, 0.25) is 0 Å². The van der Waals surface area contributed by atoms with E-state index in [1.807, 2.05) is 0 Å². The number of benzene rings is 1. The number of halogens is 1. The second-order valence-electron chi connectivity index (χ2n) is 2.95. The molecule has 0 amide bonds. The molecule has 0 spiro atoms. The van der Waals surface area contributed by atoms with Gasteiger partial charge in [-0.1, -0.05) is 23.7 Å². The molecular weight excluding hydrogens is 212 g/mol. The molecule has 0 radical (unpaired) electrons. The second kappa shape index (κ2) is 5.14. The number of hydrogen-bond acceptors (Lipinski definition) is 3. The third-order valence-electron chi connectivity index (χ3n) is 1.85. The Hall–Kier alpha value is -1.84. The van der Waals surface area contributed by atoms with Crippen molar-refractivity contribution in [3.05, 3.63) is 34.9 Å². The van der Waals surface area contributed by atoms with Crippen molar-refractivity contribution in [1.29, 1.82) is 10.5 Å². The Labute approximate surface area is 92.5 Å². The van der Waals surface area contributed by atoms with Crippen LogP contribution in [0.1, 0.15) is 16.8 Å². The van der Waals surface area contributed by atoms with E-state index in [1.165, 1.54) is 6.07 Å². The molecule has 3 nitrogen and oxygen atoms in total. The molecule has 0 saturated heterocycles. The summed E-state index contributed by atoms with van der Waals surface area (Å²) in [5.41, 5.74) is 0.429. The molecule has 1 aromatic carbocycles. The van der Waals surface area contributed by atoms with E-state index in [0.29, 0.717) is 10.6 Å². The molecule has 0 aliphatic carbocycles. The standard InChI is InChI=1S/C11H7ClN2O/c12-10-3-1-2-9(5-10)11(15)4-8(6-13)7-14/h1-3,5,8H,4H2. The fraction of sp³-hybridized carbons (Fsp3) is 0.182. The van der Waals surface area contributed by atoms with Crippen LogP contribution in [0.15, 0.2) is 24.3 Å². The van der Waals surface area contributed by atoms with Crippen molar-refractivity contribution in [3.8, 4) is 12.1 Å². The van der Waals surface area contributed by atoms with Crippen LogP contribution in [0.25, 0.3) is 0 Å². The SMILES string of the molecule is N#CC(C#N)CC(=O)c1cccc(Cl)c1. The van der Waals surface area contributed by atoms with Crippen LogP contribution < -0.4 is 0 Å². The lowest BCUT2D eigenvalue weighted by Crippen LogP contribution is -2.05. The van der Waals surface area contributed by atoms with E-state index in [0.717, 1.165) is 0 Å². The largest absolute Gasteiger partial charge is 0.294 e. The Bertz CT molecular complexity index is 442. The van der Waals surface area contributed by atoms with Crippen molar-refractivity contribution in [2.24, 2.45) is 5.92 Å². The molecule has 0 heterocycles. The van der Waals surface area contributed by atoms with Crippen molar-refractivity contribution in [2.75, 3.05) is 0 Å². The van der Waals surface area contributed by atoms with E-state index in [2.05, 4.69) is 0 Å². The molecule has 1 rings (SSSR count). The zero-order valence-corrected chi connectivity index (χ0v) is 8.53. The van der Waals surface area contributed by atoms with Gasteiger partial charge in [-0.25, -0.2) is 0 Å². The molecule has 0 unspecified atom stereocenters. The molecular formula is C11H7ClN2O. The molecule has 0 bridgehead atoms. The maximum atomic E-state index is 11.6. The lowest BCUT2D eigenvalue weighted by Gasteiger charge is -2.00. The van der Waals surface area contributed by atoms with Gasteiger partial charge in [0.15, 0.2) is 5.78 Å². The Morgan fingerprint density at radius 3 is 2.60 bits per heavy atom. The van der Waals surface area contributed by atoms with Gasteiger partial charge in [-0.05, 0) is 12.1 Å². The summed E-state index contributed by atoms with van der Waals surface area (Å²) in [4.78, 5) is 11.6. The number of ketones is 1. The summed E-state index contributed by atoms with van der Waals surface area (Å²) in [7, 11) is 0. The summed E-state index contributed by atoms with van der Waals surface area (Å²) in [5, 5.41) is 17.5. The number of carbonyl (C=O) groups is 1. The van der Waals surface area contributed by atoms with Crippen LogP contribution in [0.2, 0.25) is 5.02 Å².